The molecule has 0 aliphatic carbocycles. The van der Waals surface area contributed by atoms with Gasteiger partial charge in [-0.05, 0) is 54.8 Å². The molecule has 0 saturated carbocycles. The molecule has 2 aromatic rings. The summed E-state index contributed by atoms with van der Waals surface area (Å²) in [6.07, 6.45) is 0.959. The van der Waals surface area contributed by atoms with Crippen LogP contribution < -0.4 is 5.32 Å². The SMILES string of the molecule is CCC(Nc1ccc(O)cc1C)c1cccc(Cl)c1. The Kier molecular flexibility index (Phi) is 4.33. The molecule has 1 unspecified atom stereocenters. The fourth-order valence-corrected chi connectivity index (χ4v) is 2.34. The lowest BCUT2D eigenvalue weighted by Gasteiger charge is -2.20. The number of benzene rings is 2. The monoisotopic (exact) mass is 275 g/mol. The molecule has 3 heteroatoms. The van der Waals surface area contributed by atoms with Crippen LogP contribution >= 0.6 is 11.6 Å². The molecule has 2 nitrogen and oxygen atoms in total. The van der Waals surface area contributed by atoms with Gasteiger partial charge in [-0.25, -0.2) is 0 Å². The van der Waals surface area contributed by atoms with Crippen molar-refractivity contribution >= 4 is 17.3 Å². The van der Waals surface area contributed by atoms with Crippen LogP contribution in [0.1, 0.15) is 30.5 Å². The van der Waals surface area contributed by atoms with Gasteiger partial charge in [-0.15, -0.1) is 0 Å². The van der Waals surface area contributed by atoms with Gasteiger partial charge in [-0.2, -0.15) is 0 Å². The minimum Gasteiger partial charge on any atom is -0.508 e. The highest BCUT2D eigenvalue weighted by Gasteiger charge is 2.10. The normalized spacial score (nSPS) is 12.2. The van der Waals surface area contributed by atoms with E-state index in [4.69, 9.17) is 11.6 Å². The van der Waals surface area contributed by atoms with Crippen LogP contribution in [0.25, 0.3) is 0 Å². The summed E-state index contributed by atoms with van der Waals surface area (Å²) < 4.78 is 0. The summed E-state index contributed by atoms with van der Waals surface area (Å²) in [4.78, 5) is 0. The third-order valence-electron chi connectivity index (χ3n) is 3.20. The molecule has 100 valence electrons. The van der Waals surface area contributed by atoms with E-state index < -0.39 is 0 Å². The topological polar surface area (TPSA) is 32.3 Å². The Balaban J connectivity index is 2.24. The van der Waals surface area contributed by atoms with Gasteiger partial charge in [0, 0.05) is 10.7 Å². The van der Waals surface area contributed by atoms with E-state index in [-0.39, 0.29) is 6.04 Å². The third-order valence-corrected chi connectivity index (χ3v) is 3.43. The van der Waals surface area contributed by atoms with Crippen molar-refractivity contribution in [1.29, 1.82) is 0 Å². The predicted molar refractivity (Wildman–Crippen MR) is 81.0 cm³/mol. The highest BCUT2D eigenvalue weighted by atomic mass is 35.5. The van der Waals surface area contributed by atoms with E-state index in [2.05, 4.69) is 18.3 Å². The lowest BCUT2D eigenvalue weighted by molar-refractivity contribution is 0.475. The van der Waals surface area contributed by atoms with Crippen LogP contribution in [0.2, 0.25) is 5.02 Å². The summed E-state index contributed by atoms with van der Waals surface area (Å²) in [6, 6.07) is 13.5. The number of aryl methyl sites for hydroxylation is 1. The van der Waals surface area contributed by atoms with Gasteiger partial charge in [0.05, 0.1) is 6.04 Å². The Morgan fingerprint density at radius 3 is 2.63 bits per heavy atom. The number of hydrogen-bond acceptors (Lipinski definition) is 2. The summed E-state index contributed by atoms with van der Waals surface area (Å²) in [6.45, 7) is 4.11. The largest absolute Gasteiger partial charge is 0.508 e. The summed E-state index contributed by atoms with van der Waals surface area (Å²) in [5.41, 5.74) is 3.23. The first-order valence-corrected chi connectivity index (χ1v) is 6.79. The zero-order valence-electron chi connectivity index (χ0n) is 11.2. The number of hydrogen-bond donors (Lipinski definition) is 2. The van der Waals surface area contributed by atoms with Gasteiger partial charge in [0.25, 0.3) is 0 Å². The van der Waals surface area contributed by atoms with Crippen molar-refractivity contribution in [2.75, 3.05) is 5.32 Å². The zero-order valence-corrected chi connectivity index (χ0v) is 11.9. The van der Waals surface area contributed by atoms with Crippen molar-refractivity contribution in [2.45, 2.75) is 26.3 Å². The average molecular weight is 276 g/mol. The van der Waals surface area contributed by atoms with E-state index in [1.807, 2.05) is 31.2 Å². The molecule has 2 aromatic carbocycles. The van der Waals surface area contributed by atoms with Gasteiger partial charge in [0.2, 0.25) is 0 Å². The second-order valence-electron chi connectivity index (χ2n) is 4.66. The van der Waals surface area contributed by atoms with Crippen LogP contribution in [0.3, 0.4) is 0 Å². The number of aromatic hydroxyl groups is 1. The molecule has 0 bridgehead atoms. The van der Waals surface area contributed by atoms with E-state index in [1.54, 1.807) is 12.1 Å². The van der Waals surface area contributed by atoms with Crippen molar-refractivity contribution in [3.05, 3.63) is 58.6 Å². The molecule has 0 heterocycles. The number of anilines is 1. The van der Waals surface area contributed by atoms with E-state index in [9.17, 15) is 5.11 Å². The second kappa shape index (κ2) is 5.98. The quantitative estimate of drug-likeness (QED) is 0.777. The van der Waals surface area contributed by atoms with Crippen LogP contribution in [-0.4, -0.2) is 5.11 Å². The molecule has 0 spiro atoms. The molecule has 0 fully saturated rings. The minimum absolute atomic E-state index is 0.210. The van der Waals surface area contributed by atoms with Crippen LogP contribution in [-0.2, 0) is 0 Å². The molecular formula is C16H18ClNO. The lowest BCUT2D eigenvalue weighted by atomic mass is 10.0. The summed E-state index contributed by atoms with van der Waals surface area (Å²) in [7, 11) is 0. The van der Waals surface area contributed by atoms with E-state index in [0.29, 0.717) is 5.75 Å². The molecule has 0 saturated heterocycles. The summed E-state index contributed by atoms with van der Waals surface area (Å²) in [5.74, 6) is 0.291. The highest BCUT2D eigenvalue weighted by molar-refractivity contribution is 6.30. The molecule has 0 radical (unpaired) electrons. The zero-order chi connectivity index (χ0) is 13.8. The number of rotatable bonds is 4. The van der Waals surface area contributed by atoms with Gasteiger partial charge < -0.3 is 10.4 Å². The molecule has 0 aliphatic rings. The number of phenolic OH excluding ortho intramolecular Hbond substituents is 1. The molecule has 0 amide bonds. The standard InChI is InChI=1S/C16H18ClNO/c1-3-15(12-5-4-6-13(17)10-12)18-16-8-7-14(19)9-11(16)2/h4-10,15,18-19H,3H2,1-2H3. The first-order chi connectivity index (χ1) is 9.10. The van der Waals surface area contributed by atoms with Crippen molar-refractivity contribution in [1.82, 2.24) is 0 Å². The van der Waals surface area contributed by atoms with Crippen LogP contribution in [0.15, 0.2) is 42.5 Å². The van der Waals surface area contributed by atoms with Crippen LogP contribution in [0.4, 0.5) is 5.69 Å². The molecular weight excluding hydrogens is 258 g/mol. The second-order valence-corrected chi connectivity index (χ2v) is 5.10. The van der Waals surface area contributed by atoms with Crippen molar-refractivity contribution < 1.29 is 5.11 Å². The summed E-state index contributed by atoms with van der Waals surface area (Å²) >= 11 is 6.04. The maximum Gasteiger partial charge on any atom is 0.115 e. The van der Waals surface area contributed by atoms with E-state index in [1.165, 1.54) is 5.56 Å². The average Bonchev–Trinajstić information content (AvgIpc) is 2.38. The van der Waals surface area contributed by atoms with E-state index in [0.717, 1.165) is 22.7 Å². The van der Waals surface area contributed by atoms with E-state index >= 15 is 0 Å². The van der Waals surface area contributed by atoms with Crippen LogP contribution in [0, 0.1) is 6.92 Å². The number of halogens is 1. The predicted octanol–water partition coefficient (Wildman–Crippen LogP) is 4.92. The fraction of sp³-hybridized carbons (Fsp3) is 0.250. The molecule has 0 aromatic heterocycles. The first kappa shape index (κ1) is 13.8. The Morgan fingerprint density at radius 1 is 1.21 bits per heavy atom. The van der Waals surface area contributed by atoms with Crippen molar-refractivity contribution in [3.8, 4) is 5.75 Å². The van der Waals surface area contributed by atoms with Gasteiger partial charge >= 0.3 is 0 Å². The van der Waals surface area contributed by atoms with Gasteiger partial charge in [-0.1, -0.05) is 30.7 Å². The Bertz CT molecular complexity index is 568. The van der Waals surface area contributed by atoms with Gasteiger partial charge in [0.15, 0.2) is 0 Å². The van der Waals surface area contributed by atoms with Gasteiger partial charge in [-0.3, -0.25) is 0 Å². The molecule has 0 aliphatic heterocycles. The highest BCUT2D eigenvalue weighted by Crippen LogP contribution is 2.28. The minimum atomic E-state index is 0.210. The van der Waals surface area contributed by atoms with Gasteiger partial charge in [0.1, 0.15) is 5.75 Å². The smallest absolute Gasteiger partial charge is 0.115 e. The Morgan fingerprint density at radius 2 is 2.00 bits per heavy atom. The van der Waals surface area contributed by atoms with Crippen molar-refractivity contribution in [2.24, 2.45) is 0 Å². The Hall–Kier alpha value is -1.67. The maximum absolute atomic E-state index is 9.44. The fourth-order valence-electron chi connectivity index (χ4n) is 2.14. The molecule has 2 rings (SSSR count). The third kappa shape index (κ3) is 3.42. The first-order valence-electron chi connectivity index (χ1n) is 6.41. The molecule has 19 heavy (non-hydrogen) atoms. The number of phenols is 1. The lowest BCUT2D eigenvalue weighted by Crippen LogP contribution is -2.10. The molecule has 1 atom stereocenters. The Labute approximate surface area is 119 Å². The van der Waals surface area contributed by atoms with Crippen LogP contribution in [0.5, 0.6) is 5.75 Å². The number of nitrogens with one attached hydrogen (secondary N) is 1. The maximum atomic E-state index is 9.44. The van der Waals surface area contributed by atoms with Crippen molar-refractivity contribution in [3.63, 3.8) is 0 Å². The summed E-state index contributed by atoms with van der Waals surface area (Å²) in [5, 5.41) is 13.7. The molecule has 2 N–H and O–H groups in total.